The van der Waals surface area contributed by atoms with Crippen LogP contribution in [0.5, 0.6) is 0 Å². The molecule has 0 aliphatic heterocycles. The van der Waals surface area contributed by atoms with Gasteiger partial charge in [-0.3, -0.25) is 0 Å². The predicted octanol–water partition coefficient (Wildman–Crippen LogP) is 3.20. The SMILES string of the molecule is Fc1ccc(F)c(Nc2nc(Cl)nnc2Cl)c1. The molecule has 8 heteroatoms. The molecule has 1 N–H and O–H groups in total. The molecule has 2 rings (SSSR count). The fourth-order valence-electron chi connectivity index (χ4n) is 1.09. The lowest BCUT2D eigenvalue weighted by molar-refractivity contribution is 0.603. The lowest BCUT2D eigenvalue weighted by atomic mass is 10.3. The first kappa shape index (κ1) is 11.9. The van der Waals surface area contributed by atoms with E-state index in [2.05, 4.69) is 20.5 Å². The average molecular weight is 277 g/mol. The number of rotatable bonds is 2. The van der Waals surface area contributed by atoms with Crippen LogP contribution >= 0.6 is 23.2 Å². The third kappa shape index (κ3) is 2.78. The van der Waals surface area contributed by atoms with Gasteiger partial charge in [0.15, 0.2) is 11.0 Å². The van der Waals surface area contributed by atoms with Gasteiger partial charge in [0.25, 0.3) is 0 Å². The maximum atomic E-state index is 13.3. The second-order valence-electron chi connectivity index (χ2n) is 2.97. The molecule has 0 saturated carbocycles. The van der Waals surface area contributed by atoms with Gasteiger partial charge in [0.2, 0.25) is 5.28 Å². The quantitative estimate of drug-likeness (QED) is 0.915. The van der Waals surface area contributed by atoms with Crippen molar-refractivity contribution in [1.82, 2.24) is 15.2 Å². The first-order valence-corrected chi connectivity index (χ1v) is 5.09. The molecule has 0 unspecified atom stereocenters. The summed E-state index contributed by atoms with van der Waals surface area (Å²) in [6.45, 7) is 0. The number of hydrogen-bond acceptors (Lipinski definition) is 4. The van der Waals surface area contributed by atoms with Gasteiger partial charge in [-0.05, 0) is 23.7 Å². The normalized spacial score (nSPS) is 10.4. The molecule has 2 aromatic rings. The highest BCUT2D eigenvalue weighted by molar-refractivity contribution is 6.32. The van der Waals surface area contributed by atoms with E-state index in [1.165, 1.54) is 0 Å². The molecule has 0 aliphatic rings. The Balaban J connectivity index is 2.37. The minimum atomic E-state index is -0.655. The number of halogens is 4. The van der Waals surface area contributed by atoms with Crippen LogP contribution in [0.1, 0.15) is 0 Å². The molecule has 1 heterocycles. The maximum Gasteiger partial charge on any atom is 0.245 e. The summed E-state index contributed by atoms with van der Waals surface area (Å²) in [4.78, 5) is 3.70. The third-order valence-corrected chi connectivity index (χ3v) is 2.22. The molecule has 0 fully saturated rings. The summed E-state index contributed by atoms with van der Waals surface area (Å²) < 4.78 is 26.2. The molecule has 88 valence electrons. The highest BCUT2D eigenvalue weighted by Gasteiger charge is 2.10. The molecule has 0 saturated heterocycles. The van der Waals surface area contributed by atoms with Gasteiger partial charge in [-0.1, -0.05) is 11.6 Å². The average Bonchev–Trinajstić information content (AvgIpc) is 2.28. The van der Waals surface area contributed by atoms with E-state index < -0.39 is 11.6 Å². The van der Waals surface area contributed by atoms with Crippen LogP contribution < -0.4 is 5.32 Å². The Morgan fingerprint density at radius 3 is 2.65 bits per heavy atom. The van der Waals surface area contributed by atoms with E-state index in [1.54, 1.807) is 0 Å². The molecule has 0 radical (unpaired) electrons. The van der Waals surface area contributed by atoms with Crippen molar-refractivity contribution < 1.29 is 8.78 Å². The van der Waals surface area contributed by atoms with Crippen molar-refractivity contribution in [3.8, 4) is 0 Å². The smallest absolute Gasteiger partial charge is 0.245 e. The summed E-state index contributed by atoms with van der Waals surface area (Å²) in [7, 11) is 0. The van der Waals surface area contributed by atoms with Crippen LogP contribution in [0.15, 0.2) is 18.2 Å². The van der Waals surface area contributed by atoms with Crippen LogP contribution in [0.2, 0.25) is 10.4 Å². The summed E-state index contributed by atoms with van der Waals surface area (Å²) >= 11 is 11.2. The highest BCUT2D eigenvalue weighted by atomic mass is 35.5. The summed E-state index contributed by atoms with van der Waals surface area (Å²) in [6.07, 6.45) is 0. The summed E-state index contributed by atoms with van der Waals surface area (Å²) in [5, 5.41) is 9.07. The third-order valence-electron chi connectivity index (χ3n) is 1.80. The second-order valence-corrected chi connectivity index (χ2v) is 3.67. The monoisotopic (exact) mass is 276 g/mol. The van der Waals surface area contributed by atoms with Crippen LogP contribution in [0, 0.1) is 11.6 Å². The van der Waals surface area contributed by atoms with Gasteiger partial charge in [0, 0.05) is 6.07 Å². The van der Waals surface area contributed by atoms with Gasteiger partial charge in [-0.15, -0.1) is 10.2 Å². The topological polar surface area (TPSA) is 50.7 Å². The zero-order valence-electron chi connectivity index (χ0n) is 8.09. The van der Waals surface area contributed by atoms with Crippen molar-refractivity contribution in [3.63, 3.8) is 0 Å². The molecular formula is C9H4Cl2F2N4. The molecule has 0 aliphatic carbocycles. The predicted molar refractivity (Wildman–Crippen MR) is 59.5 cm³/mol. The number of aromatic nitrogens is 3. The maximum absolute atomic E-state index is 13.3. The van der Waals surface area contributed by atoms with Crippen LogP contribution in [0.25, 0.3) is 0 Å². The van der Waals surface area contributed by atoms with Crippen LogP contribution in [0.4, 0.5) is 20.3 Å². The van der Waals surface area contributed by atoms with E-state index in [1.807, 2.05) is 0 Å². The molecule has 0 spiro atoms. The Labute approximate surface area is 105 Å². The highest BCUT2D eigenvalue weighted by Crippen LogP contribution is 2.24. The lowest BCUT2D eigenvalue weighted by Crippen LogP contribution is -2.00. The summed E-state index contributed by atoms with van der Waals surface area (Å²) in [6, 6.07) is 2.93. The van der Waals surface area contributed by atoms with E-state index in [9.17, 15) is 8.78 Å². The van der Waals surface area contributed by atoms with Gasteiger partial charge in [0.05, 0.1) is 5.69 Å². The first-order valence-electron chi connectivity index (χ1n) is 4.34. The largest absolute Gasteiger partial charge is 0.335 e. The zero-order valence-corrected chi connectivity index (χ0v) is 9.60. The summed E-state index contributed by atoms with van der Waals surface area (Å²) in [5.74, 6) is -1.26. The molecule has 0 bridgehead atoms. The van der Waals surface area contributed by atoms with Crippen LogP contribution in [-0.4, -0.2) is 15.2 Å². The number of benzene rings is 1. The fourth-order valence-corrected chi connectivity index (χ4v) is 1.34. The van der Waals surface area contributed by atoms with Crippen molar-refractivity contribution in [2.24, 2.45) is 0 Å². The molecule has 1 aromatic carbocycles. The lowest BCUT2D eigenvalue weighted by Gasteiger charge is -2.07. The Bertz CT molecular complexity index is 515. The molecule has 0 amide bonds. The fraction of sp³-hybridized carbons (Fsp3) is 0. The standard InChI is InChI=1S/C9H4Cl2F2N4/c10-7-8(15-9(11)17-16-7)14-6-3-4(12)1-2-5(6)13/h1-3H,(H,14,15,17). The van der Waals surface area contributed by atoms with Crippen molar-refractivity contribution in [2.75, 3.05) is 5.32 Å². The molecule has 1 aromatic heterocycles. The first-order chi connectivity index (χ1) is 8.06. The number of anilines is 2. The Morgan fingerprint density at radius 2 is 1.88 bits per heavy atom. The van der Waals surface area contributed by atoms with Gasteiger partial charge in [0.1, 0.15) is 11.6 Å². The van der Waals surface area contributed by atoms with Gasteiger partial charge < -0.3 is 5.32 Å². The molecule has 4 nitrogen and oxygen atoms in total. The molecular weight excluding hydrogens is 273 g/mol. The Hall–Kier alpha value is -1.53. The van der Waals surface area contributed by atoms with E-state index in [0.29, 0.717) is 0 Å². The van der Waals surface area contributed by atoms with Crippen molar-refractivity contribution >= 4 is 34.7 Å². The molecule has 17 heavy (non-hydrogen) atoms. The second kappa shape index (κ2) is 4.77. The van der Waals surface area contributed by atoms with E-state index >= 15 is 0 Å². The van der Waals surface area contributed by atoms with E-state index in [0.717, 1.165) is 18.2 Å². The zero-order chi connectivity index (χ0) is 12.4. The van der Waals surface area contributed by atoms with E-state index in [-0.39, 0.29) is 21.9 Å². The van der Waals surface area contributed by atoms with Crippen LogP contribution in [0.3, 0.4) is 0 Å². The summed E-state index contributed by atoms with van der Waals surface area (Å²) in [5.41, 5.74) is -0.122. The minimum Gasteiger partial charge on any atom is -0.335 e. The van der Waals surface area contributed by atoms with Gasteiger partial charge in [-0.25, -0.2) is 8.78 Å². The number of hydrogen-bond donors (Lipinski definition) is 1. The van der Waals surface area contributed by atoms with Crippen molar-refractivity contribution in [2.45, 2.75) is 0 Å². The molecule has 0 atom stereocenters. The van der Waals surface area contributed by atoms with Crippen LogP contribution in [-0.2, 0) is 0 Å². The van der Waals surface area contributed by atoms with Crippen molar-refractivity contribution in [3.05, 3.63) is 40.3 Å². The Kier molecular flexibility index (Phi) is 3.35. The Morgan fingerprint density at radius 1 is 1.12 bits per heavy atom. The minimum absolute atomic E-state index is 0.00355. The van der Waals surface area contributed by atoms with E-state index in [4.69, 9.17) is 23.2 Å². The number of nitrogens with one attached hydrogen (secondary N) is 1. The van der Waals surface area contributed by atoms with Gasteiger partial charge in [-0.2, -0.15) is 4.98 Å². The number of nitrogens with zero attached hydrogens (tertiary/aromatic N) is 3. The van der Waals surface area contributed by atoms with Crippen molar-refractivity contribution in [1.29, 1.82) is 0 Å². The van der Waals surface area contributed by atoms with Gasteiger partial charge >= 0.3 is 0 Å².